The first-order valence-corrected chi connectivity index (χ1v) is 8.38. The lowest BCUT2D eigenvalue weighted by Crippen LogP contribution is -2.40. The molecule has 2 rings (SSSR count). The smallest absolute Gasteiger partial charge is 0.273 e. The molecule has 6 nitrogen and oxygen atoms in total. The van der Waals surface area contributed by atoms with Crippen LogP contribution in [0.2, 0.25) is 0 Å². The van der Waals surface area contributed by atoms with Gasteiger partial charge in [-0.2, -0.15) is 5.10 Å². The Morgan fingerprint density at radius 3 is 2.83 bits per heavy atom. The SMILES string of the molecule is CCc1ccc(/C=N\NC(=S)NC2CCCCC2)cc1[N+](=O)[O-]. The van der Waals surface area contributed by atoms with Crippen LogP contribution in [0.5, 0.6) is 0 Å². The highest BCUT2D eigenvalue weighted by atomic mass is 32.1. The van der Waals surface area contributed by atoms with E-state index in [1.807, 2.05) is 13.0 Å². The number of aryl methyl sites for hydroxylation is 1. The highest BCUT2D eigenvalue weighted by Gasteiger charge is 2.14. The molecule has 1 aromatic carbocycles. The Morgan fingerprint density at radius 1 is 1.43 bits per heavy atom. The van der Waals surface area contributed by atoms with Gasteiger partial charge in [0.25, 0.3) is 5.69 Å². The topological polar surface area (TPSA) is 79.6 Å². The molecule has 0 heterocycles. The molecular formula is C16H22N4O2S. The number of nitro groups is 1. The zero-order chi connectivity index (χ0) is 16.7. The lowest BCUT2D eigenvalue weighted by molar-refractivity contribution is -0.385. The summed E-state index contributed by atoms with van der Waals surface area (Å²) < 4.78 is 0. The molecule has 1 aromatic rings. The van der Waals surface area contributed by atoms with Crippen LogP contribution in [-0.4, -0.2) is 22.3 Å². The van der Waals surface area contributed by atoms with E-state index in [9.17, 15) is 10.1 Å². The molecule has 0 aliphatic heterocycles. The number of hydrogen-bond acceptors (Lipinski definition) is 4. The maximum absolute atomic E-state index is 11.1. The van der Waals surface area contributed by atoms with E-state index in [1.165, 1.54) is 25.3 Å². The van der Waals surface area contributed by atoms with Gasteiger partial charge in [0, 0.05) is 23.2 Å². The summed E-state index contributed by atoms with van der Waals surface area (Å²) >= 11 is 5.21. The van der Waals surface area contributed by atoms with Crippen LogP contribution in [0.3, 0.4) is 0 Å². The van der Waals surface area contributed by atoms with Crippen LogP contribution < -0.4 is 10.7 Å². The lowest BCUT2D eigenvalue weighted by atomic mass is 9.96. The van der Waals surface area contributed by atoms with Crippen LogP contribution in [0.15, 0.2) is 23.3 Å². The normalized spacial score (nSPS) is 15.5. The van der Waals surface area contributed by atoms with Gasteiger partial charge in [-0.3, -0.25) is 15.5 Å². The van der Waals surface area contributed by atoms with Gasteiger partial charge in [0.05, 0.1) is 11.1 Å². The molecule has 1 aliphatic rings. The minimum absolute atomic E-state index is 0.124. The second-order valence-corrected chi connectivity index (χ2v) is 6.09. The van der Waals surface area contributed by atoms with Gasteiger partial charge in [-0.25, -0.2) is 0 Å². The summed E-state index contributed by atoms with van der Waals surface area (Å²) in [5, 5.41) is 18.9. The van der Waals surface area contributed by atoms with Gasteiger partial charge in [0.2, 0.25) is 0 Å². The van der Waals surface area contributed by atoms with Crippen molar-refractivity contribution in [1.29, 1.82) is 0 Å². The number of benzene rings is 1. The summed E-state index contributed by atoms with van der Waals surface area (Å²) in [5.41, 5.74) is 4.29. The molecule has 0 saturated heterocycles. The molecule has 1 aliphatic carbocycles. The van der Waals surface area contributed by atoms with Crippen LogP contribution >= 0.6 is 12.2 Å². The maximum atomic E-state index is 11.1. The Balaban J connectivity index is 1.90. The first kappa shape index (κ1) is 17.3. The van der Waals surface area contributed by atoms with Crippen molar-refractivity contribution >= 4 is 29.2 Å². The van der Waals surface area contributed by atoms with Crippen LogP contribution in [-0.2, 0) is 6.42 Å². The molecule has 124 valence electrons. The first-order valence-electron chi connectivity index (χ1n) is 7.97. The molecule has 7 heteroatoms. The molecule has 0 bridgehead atoms. The van der Waals surface area contributed by atoms with Gasteiger partial charge in [-0.05, 0) is 31.5 Å². The number of hydrogen-bond donors (Lipinski definition) is 2. The Hall–Kier alpha value is -2.02. The Labute approximate surface area is 141 Å². The fraction of sp³-hybridized carbons (Fsp3) is 0.500. The molecule has 0 aromatic heterocycles. The van der Waals surface area contributed by atoms with Crippen molar-refractivity contribution < 1.29 is 4.92 Å². The van der Waals surface area contributed by atoms with Crippen LogP contribution in [0.25, 0.3) is 0 Å². The molecule has 0 unspecified atom stereocenters. The Morgan fingerprint density at radius 2 is 2.17 bits per heavy atom. The van der Waals surface area contributed by atoms with Gasteiger partial charge in [-0.1, -0.05) is 38.3 Å². The Bertz CT molecular complexity index is 598. The summed E-state index contributed by atoms with van der Waals surface area (Å²) in [6.45, 7) is 1.90. The van der Waals surface area contributed by atoms with Crippen LogP contribution in [0.4, 0.5) is 5.69 Å². The second-order valence-electron chi connectivity index (χ2n) is 5.68. The third-order valence-electron chi connectivity index (χ3n) is 4.01. The summed E-state index contributed by atoms with van der Waals surface area (Å²) in [7, 11) is 0. The fourth-order valence-electron chi connectivity index (χ4n) is 2.76. The minimum Gasteiger partial charge on any atom is -0.359 e. The third kappa shape index (κ3) is 5.28. The molecule has 1 fully saturated rings. The average Bonchev–Trinajstić information content (AvgIpc) is 2.55. The van der Waals surface area contributed by atoms with Crippen molar-refractivity contribution in [2.45, 2.75) is 51.5 Å². The van der Waals surface area contributed by atoms with Gasteiger partial charge >= 0.3 is 0 Å². The van der Waals surface area contributed by atoms with Crippen molar-refractivity contribution in [1.82, 2.24) is 10.7 Å². The number of nitrogens with zero attached hydrogens (tertiary/aromatic N) is 2. The van der Waals surface area contributed by atoms with E-state index in [2.05, 4.69) is 15.8 Å². The van der Waals surface area contributed by atoms with Crippen LogP contribution in [0, 0.1) is 10.1 Å². The summed E-state index contributed by atoms with van der Waals surface area (Å²) in [6.07, 6.45) is 8.20. The van der Waals surface area contributed by atoms with Gasteiger partial charge in [-0.15, -0.1) is 0 Å². The number of nitrogens with one attached hydrogen (secondary N) is 2. The second kappa shape index (κ2) is 8.57. The van der Waals surface area contributed by atoms with E-state index in [-0.39, 0.29) is 10.6 Å². The fourth-order valence-corrected chi connectivity index (χ4v) is 2.98. The first-order chi connectivity index (χ1) is 11.1. The molecule has 1 saturated carbocycles. The molecule has 0 spiro atoms. The Kier molecular flexibility index (Phi) is 6.46. The molecule has 23 heavy (non-hydrogen) atoms. The number of nitro benzene ring substituents is 1. The van der Waals surface area contributed by atoms with E-state index < -0.39 is 0 Å². The number of rotatable bonds is 5. The quantitative estimate of drug-likeness (QED) is 0.374. The maximum Gasteiger partial charge on any atom is 0.273 e. The highest BCUT2D eigenvalue weighted by molar-refractivity contribution is 7.80. The zero-order valence-electron chi connectivity index (χ0n) is 13.2. The van der Waals surface area contributed by atoms with Crippen molar-refractivity contribution in [3.05, 3.63) is 39.4 Å². The zero-order valence-corrected chi connectivity index (χ0v) is 14.1. The van der Waals surface area contributed by atoms with Gasteiger partial charge in [0.1, 0.15) is 0 Å². The van der Waals surface area contributed by atoms with Crippen molar-refractivity contribution in [2.24, 2.45) is 5.10 Å². The van der Waals surface area contributed by atoms with Gasteiger partial charge in [0.15, 0.2) is 5.11 Å². The van der Waals surface area contributed by atoms with E-state index in [4.69, 9.17) is 12.2 Å². The van der Waals surface area contributed by atoms with Crippen molar-refractivity contribution in [3.8, 4) is 0 Å². The van der Waals surface area contributed by atoms with Crippen LogP contribution in [0.1, 0.15) is 50.2 Å². The van der Waals surface area contributed by atoms with E-state index in [0.717, 1.165) is 18.4 Å². The lowest BCUT2D eigenvalue weighted by Gasteiger charge is -2.23. The largest absolute Gasteiger partial charge is 0.359 e. The predicted molar refractivity (Wildman–Crippen MR) is 95.8 cm³/mol. The molecular weight excluding hydrogens is 312 g/mol. The molecule has 0 atom stereocenters. The standard InChI is InChI=1S/C16H22N4O2S/c1-2-13-9-8-12(10-15(13)20(21)22)11-17-19-16(23)18-14-6-4-3-5-7-14/h8-11,14H,2-7H2,1H3,(H2,18,19,23)/b17-11-. The van der Waals surface area contributed by atoms with Crippen molar-refractivity contribution in [2.75, 3.05) is 0 Å². The molecule has 0 amide bonds. The monoisotopic (exact) mass is 334 g/mol. The minimum atomic E-state index is -0.362. The highest BCUT2D eigenvalue weighted by Crippen LogP contribution is 2.20. The third-order valence-corrected chi connectivity index (χ3v) is 4.22. The van der Waals surface area contributed by atoms with E-state index in [1.54, 1.807) is 12.3 Å². The molecule has 2 N–H and O–H groups in total. The number of thiocarbonyl (C=S) groups is 1. The van der Waals surface area contributed by atoms with Gasteiger partial charge < -0.3 is 5.32 Å². The number of hydrazone groups is 1. The summed E-state index contributed by atoms with van der Waals surface area (Å²) in [6, 6.07) is 5.53. The van der Waals surface area contributed by atoms with E-state index >= 15 is 0 Å². The van der Waals surface area contributed by atoms with Crippen molar-refractivity contribution in [3.63, 3.8) is 0 Å². The van der Waals surface area contributed by atoms with E-state index in [0.29, 0.717) is 23.1 Å². The average molecular weight is 334 g/mol. The summed E-state index contributed by atoms with van der Waals surface area (Å²) in [5.74, 6) is 0. The summed E-state index contributed by atoms with van der Waals surface area (Å²) in [4.78, 5) is 10.7. The molecule has 0 radical (unpaired) electrons. The predicted octanol–water partition coefficient (Wildman–Crippen LogP) is 3.29.